The Morgan fingerprint density at radius 2 is 2.10 bits per heavy atom. The van der Waals surface area contributed by atoms with Gasteiger partial charge in [0.15, 0.2) is 5.69 Å². The Hall–Kier alpha value is -2.16. The minimum atomic E-state index is 0.507. The lowest BCUT2D eigenvalue weighted by Gasteiger charge is -2.27. The van der Waals surface area contributed by atoms with E-state index in [4.69, 9.17) is 10.00 Å². The topological polar surface area (TPSA) is 54.1 Å². The van der Waals surface area contributed by atoms with Crippen LogP contribution >= 0.6 is 0 Å². The van der Waals surface area contributed by atoms with Crippen LogP contribution in [0.5, 0.6) is 0 Å². The standard InChI is InChI=1S/C16H18N4O/c17-11-15-10-16-12-19(6-7-20(16)18-15)8-9-21-13-14-4-2-1-3-5-14/h1-5,10H,6-9,12-13H2. The second-order valence-corrected chi connectivity index (χ2v) is 5.17. The van der Waals surface area contributed by atoms with Crippen molar-refractivity contribution in [1.82, 2.24) is 14.7 Å². The molecule has 0 aliphatic carbocycles. The first-order valence-corrected chi connectivity index (χ1v) is 7.16. The number of rotatable bonds is 5. The highest BCUT2D eigenvalue weighted by Crippen LogP contribution is 2.13. The summed E-state index contributed by atoms with van der Waals surface area (Å²) in [6.07, 6.45) is 0. The molecule has 108 valence electrons. The third-order valence-electron chi connectivity index (χ3n) is 3.65. The molecule has 0 saturated heterocycles. The number of nitrogens with zero attached hydrogens (tertiary/aromatic N) is 4. The second-order valence-electron chi connectivity index (χ2n) is 5.17. The fraction of sp³-hybridized carbons (Fsp3) is 0.375. The highest BCUT2D eigenvalue weighted by molar-refractivity contribution is 5.23. The molecule has 1 aromatic carbocycles. The van der Waals surface area contributed by atoms with E-state index in [9.17, 15) is 0 Å². The molecule has 1 aliphatic heterocycles. The van der Waals surface area contributed by atoms with Crippen molar-refractivity contribution in [2.75, 3.05) is 19.7 Å². The molecule has 5 heteroatoms. The number of ether oxygens (including phenoxy) is 1. The van der Waals surface area contributed by atoms with Gasteiger partial charge in [0.1, 0.15) is 6.07 Å². The first kappa shape index (κ1) is 13.8. The molecule has 21 heavy (non-hydrogen) atoms. The molecule has 0 saturated carbocycles. The van der Waals surface area contributed by atoms with Gasteiger partial charge in [-0.15, -0.1) is 0 Å². The summed E-state index contributed by atoms with van der Waals surface area (Å²) >= 11 is 0. The van der Waals surface area contributed by atoms with Crippen molar-refractivity contribution < 1.29 is 4.74 Å². The lowest BCUT2D eigenvalue weighted by atomic mass is 10.2. The van der Waals surface area contributed by atoms with Gasteiger partial charge in [0.25, 0.3) is 0 Å². The fourth-order valence-electron chi connectivity index (χ4n) is 2.52. The van der Waals surface area contributed by atoms with Crippen LogP contribution in [0.3, 0.4) is 0 Å². The van der Waals surface area contributed by atoms with Crippen LogP contribution in [0.25, 0.3) is 0 Å². The normalized spacial score (nSPS) is 14.6. The molecule has 1 aliphatic rings. The Kier molecular flexibility index (Phi) is 4.29. The Balaban J connectivity index is 1.44. The summed E-state index contributed by atoms with van der Waals surface area (Å²) in [6.45, 7) is 4.91. The number of hydrogen-bond donors (Lipinski definition) is 0. The minimum absolute atomic E-state index is 0.507. The van der Waals surface area contributed by atoms with Crippen LogP contribution in [0.4, 0.5) is 0 Å². The van der Waals surface area contributed by atoms with Gasteiger partial charge in [0, 0.05) is 19.6 Å². The monoisotopic (exact) mass is 282 g/mol. The summed E-state index contributed by atoms with van der Waals surface area (Å²) < 4.78 is 7.65. The first-order valence-electron chi connectivity index (χ1n) is 7.16. The Morgan fingerprint density at radius 1 is 1.24 bits per heavy atom. The third kappa shape index (κ3) is 3.48. The maximum atomic E-state index is 8.87. The van der Waals surface area contributed by atoms with Gasteiger partial charge in [-0.25, -0.2) is 0 Å². The van der Waals surface area contributed by atoms with E-state index in [1.807, 2.05) is 28.9 Å². The van der Waals surface area contributed by atoms with Crippen molar-refractivity contribution in [2.45, 2.75) is 19.7 Å². The zero-order valence-electron chi connectivity index (χ0n) is 11.9. The highest BCUT2D eigenvalue weighted by atomic mass is 16.5. The fourth-order valence-corrected chi connectivity index (χ4v) is 2.52. The smallest absolute Gasteiger partial charge is 0.162 e. The van der Waals surface area contributed by atoms with Gasteiger partial charge >= 0.3 is 0 Å². The number of aromatic nitrogens is 2. The van der Waals surface area contributed by atoms with E-state index in [2.05, 4.69) is 28.2 Å². The molecule has 2 heterocycles. The van der Waals surface area contributed by atoms with E-state index in [-0.39, 0.29) is 0 Å². The van der Waals surface area contributed by atoms with Gasteiger partial charge in [0.2, 0.25) is 0 Å². The molecule has 2 aromatic rings. The molecular weight excluding hydrogens is 264 g/mol. The lowest BCUT2D eigenvalue weighted by molar-refractivity contribution is 0.0828. The number of nitriles is 1. The second kappa shape index (κ2) is 6.53. The molecule has 0 amide bonds. The highest BCUT2D eigenvalue weighted by Gasteiger charge is 2.17. The molecule has 5 nitrogen and oxygen atoms in total. The van der Waals surface area contributed by atoms with Gasteiger partial charge in [-0.05, 0) is 11.6 Å². The summed E-state index contributed by atoms with van der Waals surface area (Å²) in [5, 5.41) is 13.1. The molecule has 3 rings (SSSR count). The van der Waals surface area contributed by atoms with Gasteiger partial charge < -0.3 is 4.74 Å². The van der Waals surface area contributed by atoms with Crippen molar-refractivity contribution in [3.8, 4) is 6.07 Å². The minimum Gasteiger partial charge on any atom is -0.375 e. The lowest BCUT2D eigenvalue weighted by Crippen LogP contribution is -2.36. The molecule has 0 radical (unpaired) electrons. The third-order valence-corrected chi connectivity index (χ3v) is 3.65. The predicted octanol–water partition coefficient (Wildman–Crippen LogP) is 1.79. The van der Waals surface area contributed by atoms with Crippen molar-refractivity contribution >= 4 is 0 Å². The summed E-state index contributed by atoms with van der Waals surface area (Å²) in [5.74, 6) is 0. The quantitative estimate of drug-likeness (QED) is 0.785. The van der Waals surface area contributed by atoms with E-state index in [1.54, 1.807) is 0 Å². The largest absolute Gasteiger partial charge is 0.375 e. The molecule has 0 fully saturated rings. The Bertz CT molecular complexity index is 629. The van der Waals surface area contributed by atoms with Gasteiger partial charge in [0.05, 0.1) is 25.5 Å². The van der Waals surface area contributed by atoms with Crippen molar-refractivity contribution in [1.29, 1.82) is 5.26 Å². The maximum absolute atomic E-state index is 8.87. The van der Waals surface area contributed by atoms with Gasteiger partial charge in [-0.3, -0.25) is 9.58 Å². The zero-order chi connectivity index (χ0) is 14.5. The van der Waals surface area contributed by atoms with E-state index in [0.717, 1.165) is 31.9 Å². The maximum Gasteiger partial charge on any atom is 0.162 e. The number of hydrogen-bond acceptors (Lipinski definition) is 4. The average molecular weight is 282 g/mol. The summed E-state index contributed by atoms with van der Waals surface area (Å²) in [4.78, 5) is 2.34. The van der Waals surface area contributed by atoms with E-state index in [0.29, 0.717) is 18.9 Å². The van der Waals surface area contributed by atoms with E-state index < -0.39 is 0 Å². The van der Waals surface area contributed by atoms with E-state index >= 15 is 0 Å². The van der Waals surface area contributed by atoms with Crippen LogP contribution in [0, 0.1) is 11.3 Å². The molecule has 0 N–H and O–H groups in total. The molecular formula is C16H18N4O. The predicted molar refractivity (Wildman–Crippen MR) is 78.3 cm³/mol. The van der Waals surface area contributed by atoms with Crippen LogP contribution in [0.1, 0.15) is 17.0 Å². The van der Waals surface area contributed by atoms with Crippen LogP contribution in [-0.4, -0.2) is 34.4 Å². The molecule has 0 spiro atoms. The van der Waals surface area contributed by atoms with Crippen LogP contribution in [0.2, 0.25) is 0 Å². The number of fused-ring (bicyclic) bond motifs is 1. The van der Waals surface area contributed by atoms with Crippen molar-refractivity contribution in [3.05, 3.63) is 53.3 Å². The molecule has 0 unspecified atom stereocenters. The zero-order valence-corrected chi connectivity index (χ0v) is 11.9. The molecule has 0 atom stereocenters. The van der Waals surface area contributed by atoms with Gasteiger partial charge in [-0.1, -0.05) is 30.3 Å². The summed E-state index contributed by atoms with van der Waals surface area (Å²) in [6, 6.07) is 14.2. The van der Waals surface area contributed by atoms with Gasteiger partial charge in [-0.2, -0.15) is 10.4 Å². The van der Waals surface area contributed by atoms with Crippen LogP contribution in [-0.2, 0) is 24.4 Å². The van der Waals surface area contributed by atoms with E-state index in [1.165, 1.54) is 5.56 Å². The molecule has 0 bridgehead atoms. The average Bonchev–Trinajstić information content (AvgIpc) is 2.95. The van der Waals surface area contributed by atoms with Crippen molar-refractivity contribution in [3.63, 3.8) is 0 Å². The van der Waals surface area contributed by atoms with Crippen LogP contribution < -0.4 is 0 Å². The Morgan fingerprint density at radius 3 is 2.90 bits per heavy atom. The Labute approximate surface area is 124 Å². The summed E-state index contributed by atoms with van der Waals surface area (Å²) in [5.41, 5.74) is 2.82. The van der Waals surface area contributed by atoms with Crippen LogP contribution in [0.15, 0.2) is 36.4 Å². The first-order chi connectivity index (χ1) is 10.3. The summed E-state index contributed by atoms with van der Waals surface area (Å²) in [7, 11) is 0. The SMILES string of the molecule is N#Cc1cc2n(n1)CCN(CCOCc1ccccc1)C2. The molecule has 1 aromatic heterocycles. The van der Waals surface area contributed by atoms with Crippen molar-refractivity contribution in [2.24, 2.45) is 0 Å². The number of benzene rings is 1.